The molecule has 0 aromatic carbocycles. The molecule has 2 bridgehead atoms. The molecule has 3 aliphatic rings. The van der Waals surface area contributed by atoms with Gasteiger partial charge in [0.15, 0.2) is 0 Å². The van der Waals surface area contributed by atoms with Crippen LogP contribution in [0.3, 0.4) is 0 Å². The normalized spacial score (nSPS) is 28.3. The van der Waals surface area contributed by atoms with Crippen LogP contribution in [0.4, 0.5) is 11.5 Å². The van der Waals surface area contributed by atoms with Crippen LogP contribution in [0.1, 0.15) is 25.0 Å². The van der Waals surface area contributed by atoms with Crippen LogP contribution in [-0.2, 0) is 17.3 Å². The number of aromatic nitrogens is 3. The molecule has 2 heterocycles. The summed E-state index contributed by atoms with van der Waals surface area (Å²) < 4.78 is 1.92. The lowest BCUT2D eigenvalue weighted by Gasteiger charge is -2.46. The quantitative estimate of drug-likeness (QED) is 0.907. The van der Waals surface area contributed by atoms with E-state index in [0.29, 0.717) is 5.92 Å². The molecule has 3 fully saturated rings. The zero-order valence-corrected chi connectivity index (χ0v) is 13.4. The van der Waals surface area contributed by atoms with E-state index in [0.717, 1.165) is 30.8 Å². The average Bonchev–Trinajstić information content (AvgIpc) is 3.22. The van der Waals surface area contributed by atoms with Crippen molar-refractivity contribution in [3.63, 3.8) is 0 Å². The maximum absolute atomic E-state index is 12.8. The van der Waals surface area contributed by atoms with Gasteiger partial charge in [-0.2, -0.15) is 5.10 Å². The molecule has 6 heteroatoms. The standard InChI is InChI=1S/C17H21N5O/c1-18-14-4-3-12(10-19-14)21-16(23)15-11-5-7-17(15,9-11)13-6-8-20-22(13)2/h3-4,6,8,10-11,15H,5,7,9H2,1-2H3,(H,18,19)(H,21,23). The first kappa shape index (κ1) is 14.2. The minimum absolute atomic E-state index is 0.0294. The number of amides is 1. The van der Waals surface area contributed by atoms with Crippen LogP contribution in [0, 0.1) is 11.8 Å². The third kappa shape index (κ3) is 2.04. The van der Waals surface area contributed by atoms with Crippen LogP contribution in [-0.4, -0.2) is 27.7 Å². The molecule has 5 rings (SSSR count). The van der Waals surface area contributed by atoms with Crippen LogP contribution in [0.25, 0.3) is 0 Å². The zero-order valence-electron chi connectivity index (χ0n) is 13.4. The summed E-state index contributed by atoms with van der Waals surface area (Å²) in [4.78, 5) is 17.1. The number of fused-ring (bicyclic) bond motifs is 1. The lowest BCUT2D eigenvalue weighted by molar-refractivity contribution is -0.127. The number of nitrogens with one attached hydrogen (secondary N) is 2. The van der Waals surface area contributed by atoms with Crippen LogP contribution >= 0.6 is 0 Å². The first-order valence-corrected chi connectivity index (χ1v) is 8.07. The summed E-state index contributed by atoms with van der Waals surface area (Å²) in [5.41, 5.74) is 1.91. The maximum atomic E-state index is 12.8. The zero-order chi connectivity index (χ0) is 16.0. The van der Waals surface area contributed by atoms with Crippen LogP contribution < -0.4 is 10.6 Å². The summed E-state index contributed by atoms with van der Waals surface area (Å²) in [5.74, 6) is 1.44. The Morgan fingerprint density at radius 1 is 1.39 bits per heavy atom. The Kier molecular flexibility index (Phi) is 3.14. The number of hydrogen-bond acceptors (Lipinski definition) is 4. The Bertz CT molecular complexity index is 734. The molecule has 1 amide bonds. The fourth-order valence-corrected chi connectivity index (χ4v) is 4.53. The van der Waals surface area contributed by atoms with Gasteiger partial charge in [-0.3, -0.25) is 9.48 Å². The van der Waals surface area contributed by atoms with E-state index >= 15 is 0 Å². The largest absolute Gasteiger partial charge is 0.373 e. The number of nitrogens with zero attached hydrogens (tertiary/aromatic N) is 3. The van der Waals surface area contributed by atoms with Crippen molar-refractivity contribution in [3.05, 3.63) is 36.3 Å². The van der Waals surface area contributed by atoms with Crippen LogP contribution in [0.5, 0.6) is 0 Å². The topological polar surface area (TPSA) is 71.8 Å². The van der Waals surface area contributed by atoms with E-state index in [2.05, 4.69) is 26.8 Å². The predicted molar refractivity (Wildman–Crippen MR) is 88.1 cm³/mol. The van der Waals surface area contributed by atoms with E-state index in [1.165, 1.54) is 5.69 Å². The summed E-state index contributed by atoms with van der Waals surface area (Å²) in [6.07, 6.45) is 6.82. The summed E-state index contributed by atoms with van der Waals surface area (Å²) in [5, 5.41) is 10.3. The number of carbonyl (C=O) groups is 1. The first-order chi connectivity index (χ1) is 11.1. The molecule has 3 atom stereocenters. The van der Waals surface area contributed by atoms with Gasteiger partial charge in [0.25, 0.3) is 0 Å². The van der Waals surface area contributed by atoms with E-state index in [1.54, 1.807) is 6.20 Å². The Balaban J connectivity index is 1.55. The molecule has 3 unspecified atom stereocenters. The third-order valence-electron chi connectivity index (χ3n) is 5.56. The molecule has 0 aliphatic heterocycles. The highest BCUT2D eigenvalue weighted by Crippen LogP contribution is 2.64. The summed E-state index contributed by atoms with van der Waals surface area (Å²) in [7, 11) is 3.79. The monoisotopic (exact) mass is 311 g/mol. The second-order valence-electron chi connectivity index (χ2n) is 6.65. The highest BCUT2D eigenvalue weighted by atomic mass is 16.2. The molecule has 6 nitrogen and oxygen atoms in total. The SMILES string of the molecule is CNc1ccc(NC(=O)C2C3CCC2(c2ccnn2C)C3)cn1. The molecule has 2 aromatic rings. The molecule has 0 radical (unpaired) electrons. The molecular weight excluding hydrogens is 290 g/mol. The second kappa shape index (κ2) is 5.08. The van der Waals surface area contributed by atoms with Gasteiger partial charge in [-0.15, -0.1) is 0 Å². The number of anilines is 2. The molecule has 3 saturated carbocycles. The first-order valence-electron chi connectivity index (χ1n) is 8.07. The molecule has 0 saturated heterocycles. The summed E-state index contributed by atoms with van der Waals surface area (Å²) in [6, 6.07) is 5.81. The Hall–Kier alpha value is -2.37. The van der Waals surface area contributed by atoms with Gasteiger partial charge in [-0.05, 0) is 43.4 Å². The van der Waals surface area contributed by atoms with Gasteiger partial charge in [0, 0.05) is 31.4 Å². The van der Waals surface area contributed by atoms with Gasteiger partial charge in [-0.1, -0.05) is 0 Å². The minimum Gasteiger partial charge on any atom is -0.373 e. The van der Waals surface area contributed by atoms with Crippen molar-refractivity contribution in [1.29, 1.82) is 0 Å². The highest BCUT2D eigenvalue weighted by Gasteiger charge is 2.63. The minimum atomic E-state index is -0.0294. The Morgan fingerprint density at radius 3 is 2.87 bits per heavy atom. The van der Waals surface area contributed by atoms with Gasteiger partial charge in [0.2, 0.25) is 5.91 Å². The predicted octanol–water partition coefficient (Wildman–Crippen LogP) is 2.16. The van der Waals surface area contributed by atoms with Gasteiger partial charge in [-0.25, -0.2) is 4.98 Å². The van der Waals surface area contributed by atoms with Crippen molar-refractivity contribution in [3.8, 4) is 0 Å². The van der Waals surface area contributed by atoms with Crippen molar-refractivity contribution >= 4 is 17.4 Å². The third-order valence-corrected chi connectivity index (χ3v) is 5.56. The lowest BCUT2D eigenvalue weighted by Crippen LogP contribution is -2.51. The van der Waals surface area contributed by atoms with E-state index in [9.17, 15) is 4.79 Å². The number of carbonyl (C=O) groups excluding carboxylic acids is 1. The van der Waals surface area contributed by atoms with Gasteiger partial charge >= 0.3 is 0 Å². The second-order valence-corrected chi connectivity index (χ2v) is 6.65. The van der Waals surface area contributed by atoms with Crippen LogP contribution in [0.15, 0.2) is 30.6 Å². The van der Waals surface area contributed by atoms with Crippen molar-refractivity contribution in [2.75, 3.05) is 17.7 Å². The van der Waals surface area contributed by atoms with Gasteiger partial charge in [0.1, 0.15) is 5.82 Å². The average molecular weight is 311 g/mol. The smallest absolute Gasteiger partial charge is 0.228 e. The van der Waals surface area contributed by atoms with Gasteiger partial charge < -0.3 is 10.6 Å². The van der Waals surface area contributed by atoms with E-state index < -0.39 is 0 Å². The van der Waals surface area contributed by atoms with E-state index in [-0.39, 0.29) is 17.2 Å². The summed E-state index contributed by atoms with van der Waals surface area (Å²) >= 11 is 0. The van der Waals surface area contributed by atoms with E-state index in [4.69, 9.17) is 0 Å². The van der Waals surface area contributed by atoms with E-state index in [1.807, 2.05) is 37.1 Å². The maximum Gasteiger partial charge on any atom is 0.228 e. The molecular formula is C17H21N5O. The number of rotatable bonds is 4. The molecule has 3 aliphatic carbocycles. The Morgan fingerprint density at radius 2 is 2.26 bits per heavy atom. The van der Waals surface area contributed by atoms with Gasteiger partial charge in [0.05, 0.1) is 17.8 Å². The molecule has 23 heavy (non-hydrogen) atoms. The molecule has 120 valence electrons. The molecule has 2 aromatic heterocycles. The fraction of sp³-hybridized carbons (Fsp3) is 0.471. The number of hydrogen-bond donors (Lipinski definition) is 2. The van der Waals surface area contributed by atoms with Crippen molar-refractivity contribution < 1.29 is 4.79 Å². The van der Waals surface area contributed by atoms with Crippen molar-refractivity contribution in [1.82, 2.24) is 14.8 Å². The lowest BCUT2D eigenvalue weighted by atomic mass is 9.58. The fourth-order valence-electron chi connectivity index (χ4n) is 4.53. The summed E-state index contributed by atoms with van der Waals surface area (Å²) in [6.45, 7) is 0. The number of aryl methyl sites for hydroxylation is 1. The van der Waals surface area contributed by atoms with Crippen molar-refractivity contribution in [2.45, 2.75) is 24.7 Å². The van der Waals surface area contributed by atoms with Crippen LogP contribution in [0.2, 0.25) is 0 Å². The molecule has 0 spiro atoms. The Labute approximate surface area is 135 Å². The number of pyridine rings is 1. The molecule has 2 N–H and O–H groups in total. The highest BCUT2D eigenvalue weighted by molar-refractivity contribution is 5.95. The van der Waals surface area contributed by atoms with Crippen molar-refractivity contribution in [2.24, 2.45) is 18.9 Å².